The number of nitrogens with one attached hydrogen (secondary N) is 1. The molecule has 0 bridgehead atoms. The third kappa shape index (κ3) is 3.75. The third-order valence-corrected chi connectivity index (χ3v) is 6.10. The number of anilines is 1. The largest absolute Gasteiger partial charge is 0.352 e. The molecule has 0 radical (unpaired) electrons. The Bertz CT molecular complexity index is 1210. The summed E-state index contributed by atoms with van der Waals surface area (Å²) < 4.78 is 27.5. The average molecular weight is 470 g/mol. The lowest BCUT2D eigenvalue weighted by Crippen LogP contribution is -2.58. The number of hydrogen-bond donors (Lipinski definition) is 1. The van der Waals surface area contributed by atoms with E-state index in [0.717, 1.165) is 21.6 Å². The Balaban J connectivity index is 1.26. The number of hydrogen-bond acceptors (Lipinski definition) is 7. The van der Waals surface area contributed by atoms with Crippen LogP contribution in [0.2, 0.25) is 0 Å². The Hall–Kier alpha value is -3.93. The van der Waals surface area contributed by atoms with Crippen molar-refractivity contribution < 1.29 is 28.0 Å². The topological polar surface area (TPSA) is 106 Å². The molecule has 2 fully saturated rings. The maximum absolute atomic E-state index is 14.0. The van der Waals surface area contributed by atoms with E-state index in [1.807, 2.05) is 0 Å². The minimum absolute atomic E-state index is 0.00852. The molecule has 5 rings (SSSR count). The van der Waals surface area contributed by atoms with Gasteiger partial charge in [-0.3, -0.25) is 24.6 Å². The van der Waals surface area contributed by atoms with Gasteiger partial charge in [0, 0.05) is 45.3 Å². The molecule has 4 heterocycles. The lowest BCUT2D eigenvalue weighted by atomic mass is 10.1. The summed E-state index contributed by atoms with van der Waals surface area (Å²) in [6.45, 7) is 2.46. The summed E-state index contributed by atoms with van der Waals surface area (Å²) in [4.78, 5) is 57.0. The predicted molar refractivity (Wildman–Crippen MR) is 113 cm³/mol. The number of amides is 5. The van der Waals surface area contributed by atoms with Gasteiger partial charge in [-0.05, 0) is 23.8 Å². The summed E-state index contributed by atoms with van der Waals surface area (Å²) in [5.41, 5.74) is 1.18. The number of rotatable bonds is 4. The van der Waals surface area contributed by atoms with Crippen molar-refractivity contribution in [2.45, 2.75) is 13.0 Å². The highest BCUT2D eigenvalue weighted by molar-refractivity contribution is 6.22. The van der Waals surface area contributed by atoms with Crippen LogP contribution in [0.5, 0.6) is 0 Å². The Kier molecular flexibility index (Phi) is 5.44. The molecular weight excluding hydrogens is 450 g/mol. The Morgan fingerprint density at radius 3 is 2.38 bits per heavy atom. The van der Waals surface area contributed by atoms with Crippen molar-refractivity contribution in [2.24, 2.45) is 0 Å². The molecule has 1 N–H and O–H groups in total. The van der Waals surface area contributed by atoms with Gasteiger partial charge in [-0.1, -0.05) is 6.07 Å². The first-order valence-corrected chi connectivity index (χ1v) is 10.7. The van der Waals surface area contributed by atoms with Gasteiger partial charge in [0.2, 0.25) is 11.7 Å². The first kappa shape index (κ1) is 21.9. The minimum Gasteiger partial charge on any atom is -0.352 e. The van der Waals surface area contributed by atoms with Gasteiger partial charge < -0.3 is 4.90 Å². The summed E-state index contributed by atoms with van der Waals surface area (Å²) in [6.07, 6.45) is 1.23. The second-order valence-electron chi connectivity index (χ2n) is 8.22. The molecule has 0 atom stereocenters. The van der Waals surface area contributed by atoms with Gasteiger partial charge in [0.1, 0.15) is 0 Å². The van der Waals surface area contributed by atoms with Crippen molar-refractivity contribution in [2.75, 3.05) is 37.6 Å². The zero-order chi connectivity index (χ0) is 24.0. The van der Waals surface area contributed by atoms with Gasteiger partial charge in [-0.15, -0.1) is 0 Å². The molecule has 1 aromatic carbocycles. The van der Waals surface area contributed by atoms with Gasteiger partial charge >= 0.3 is 6.03 Å². The monoisotopic (exact) mass is 470 g/mol. The summed E-state index contributed by atoms with van der Waals surface area (Å²) >= 11 is 0. The second-order valence-corrected chi connectivity index (χ2v) is 8.22. The highest BCUT2D eigenvalue weighted by Gasteiger charge is 2.43. The van der Waals surface area contributed by atoms with E-state index in [1.54, 1.807) is 23.1 Å². The first-order chi connectivity index (χ1) is 16.3. The van der Waals surface area contributed by atoms with Crippen molar-refractivity contribution in [1.82, 2.24) is 25.2 Å². The third-order valence-electron chi connectivity index (χ3n) is 6.10. The molecular formula is C22H20F2N6O4. The molecule has 0 aliphatic carbocycles. The number of urea groups is 1. The second kappa shape index (κ2) is 8.45. The maximum Gasteiger partial charge on any atom is 0.343 e. The van der Waals surface area contributed by atoms with Crippen LogP contribution in [0.3, 0.4) is 0 Å². The standard InChI is InChI=1S/C22H20F2N6O4/c23-16-3-5-25-19(18(16)24)28-9-7-27(8-10-28)12-13-1-2-14-15(11-13)21(33)30(20(14)32)29-6-4-17(31)26-22(29)34/h1-3,5,11H,4,6-10,12H2,(H,26,31,34). The number of imide groups is 2. The van der Waals surface area contributed by atoms with Gasteiger partial charge in [0.25, 0.3) is 11.8 Å². The summed E-state index contributed by atoms with van der Waals surface area (Å²) in [5, 5.41) is 3.83. The van der Waals surface area contributed by atoms with Crippen LogP contribution in [0, 0.1) is 11.6 Å². The highest BCUT2D eigenvalue weighted by atomic mass is 19.2. The van der Waals surface area contributed by atoms with E-state index in [1.165, 1.54) is 6.20 Å². The summed E-state index contributed by atoms with van der Waals surface area (Å²) in [7, 11) is 0. The number of piperazine rings is 1. The van der Waals surface area contributed by atoms with Gasteiger partial charge in [0.05, 0.1) is 17.7 Å². The van der Waals surface area contributed by atoms with Crippen molar-refractivity contribution in [3.8, 4) is 0 Å². The molecule has 3 aliphatic rings. The number of aromatic nitrogens is 1. The van der Waals surface area contributed by atoms with Gasteiger partial charge in [-0.25, -0.2) is 19.2 Å². The van der Waals surface area contributed by atoms with Crippen LogP contribution in [0.15, 0.2) is 30.5 Å². The summed E-state index contributed by atoms with van der Waals surface area (Å²) in [6, 6.07) is 5.09. The van der Waals surface area contributed by atoms with Crippen LogP contribution < -0.4 is 10.2 Å². The number of halogens is 2. The molecule has 12 heteroatoms. The fraction of sp³-hybridized carbons (Fsp3) is 0.318. The smallest absolute Gasteiger partial charge is 0.343 e. The van der Waals surface area contributed by atoms with E-state index < -0.39 is 35.4 Å². The number of fused-ring (bicyclic) bond motifs is 1. The first-order valence-electron chi connectivity index (χ1n) is 10.7. The van der Waals surface area contributed by atoms with Crippen molar-refractivity contribution in [1.29, 1.82) is 0 Å². The van der Waals surface area contributed by atoms with E-state index in [0.29, 0.717) is 32.7 Å². The normalized spacial score (nSPS) is 19.1. The van der Waals surface area contributed by atoms with Crippen LogP contribution in [-0.2, 0) is 11.3 Å². The van der Waals surface area contributed by atoms with E-state index in [-0.39, 0.29) is 29.9 Å². The van der Waals surface area contributed by atoms with Crippen molar-refractivity contribution in [3.05, 3.63) is 58.8 Å². The molecule has 10 nitrogen and oxygen atoms in total. The van der Waals surface area contributed by atoms with Crippen LogP contribution in [0.1, 0.15) is 32.7 Å². The zero-order valence-corrected chi connectivity index (χ0v) is 18.0. The van der Waals surface area contributed by atoms with E-state index >= 15 is 0 Å². The average Bonchev–Trinajstić information content (AvgIpc) is 3.06. The molecule has 2 saturated heterocycles. The lowest BCUT2D eigenvalue weighted by molar-refractivity contribution is -0.122. The van der Waals surface area contributed by atoms with Crippen LogP contribution in [0.4, 0.5) is 19.4 Å². The van der Waals surface area contributed by atoms with Crippen molar-refractivity contribution in [3.63, 3.8) is 0 Å². The fourth-order valence-corrected chi connectivity index (χ4v) is 4.35. The molecule has 5 amide bonds. The number of carbonyl (C=O) groups excluding carboxylic acids is 4. The molecule has 0 saturated carbocycles. The molecule has 0 unspecified atom stereocenters. The number of hydrazine groups is 1. The van der Waals surface area contributed by atoms with Crippen LogP contribution in [-0.4, -0.2) is 76.4 Å². The molecule has 34 heavy (non-hydrogen) atoms. The molecule has 1 aromatic heterocycles. The zero-order valence-electron chi connectivity index (χ0n) is 18.0. The number of nitrogens with zero attached hydrogens (tertiary/aromatic N) is 5. The SMILES string of the molecule is O=C1CCN(N2C(=O)c3ccc(CN4CCN(c5nccc(F)c5F)CC4)cc3C2=O)C(=O)N1. The molecule has 3 aliphatic heterocycles. The number of benzene rings is 1. The minimum atomic E-state index is -0.964. The molecule has 0 spiro atoms. The Morgan fingerprint density at radius 2 is 1.65 bits per heavy atom. The predicted octanol–water partition coefficient (Wildman–Crippen LogP) is 1.13. The van der Waals surface area contributed by atoms with Gasteiger partial charge in [-0.2, -0.15) is 9.40 Å². The quantitative estimate of drug-likeness (QED) is 0.668. The number of pyridine rings is 1. The van der Waals surface area contributed by atoms with E-state index in [2.05, 4.69) is 15.2 Å². The lowest BCUT2D eigenvalue weighted by Gasteiger charge is -2.35. The Morgan fingerprint density at radius 1 is 0.912 bits per heavy atom. The van der Waals surface area contributed by atoms with Crippen LogP contribution in [0.25, 0.3) is 0 Å². The van der Waals surface area contributed by atoms with E-state index in [4.69, 9.17) is 0 Å². The molecule has 2 aromatic rings. The van der Waals surface area contributed by atoms with Gasteiger partial charge in [0.15, 0.2) is 11.6 Å². The summed E-state index contributed by atoms with van der Waals surface area (Å²) in [5.74, 6) is -3.61. The fourth-order valence-electron chi connectivity index (χ4n) is 4.35. The highest BCUT2D eigenvalue weighted by Crippen LogP contribution is 2.27. The Labute approximate surface area is 192 Å². The maximum atomic E-state index is 14.0. The molecule has 176 valence electrons. The number of carbonyl (C=O) groups is 4. The van der Waals surface area contributed by atoms with Crippen LogP contribution >= 0.6 is 0 Å². The van der Waals surface area contributed by atoms with Crippen molar-refractivity contribution >= 4 is 29.6 Å². The van der Waals surface area contributed by atoms with E-state index in [9.17, 15) is 28.0 Å².